The zero-order chi connectivity index (χ0) is 31.2. The van der Waals surface area contributed by atoms with E-state index in [1.165, 1.54) is 0 Å². The molecular weight excluding hydrogens is 570 g/mol. The molecule has 2 aliphatic carbocycles. The van der Waals surface area contributed by atoms with E-state index in [1.807, 2.05) is 13.8 Å². The molecule has 6 rings (SSSR count). The van der Waals surface area contributed by atoms with Gasteiger partial charge in [0.15, 0.2) is 0 Å². The van der Waals surface area contributed by atoms with E-state index in [9.17, 15) is 19.2 Å². The molecule has 4 aliphatic heterocycles. The maximum Gasteiger partial charge on any atom is 0.407 e. The van der Waals surface area contributed by atoms with Gasteiger partial charge in [0.05, 0.1) is 11.2 Å². The Morgan fingerprint density at radius 2 is 1.32 bits per heavy atom. The summed E-state index contributed by atoms with van der Waals surface area (Å²) in [7, 11) is 0. The lowest BCUT2D eigenvalue weighted by Gasteiger charge is -2.20. The summed E-state index contributed by atoms with van der Waals surface area (Å²) < 4.78 is 33.9. The van der Waals surface area contributed by atoms with Crippen molar-refractivity contribution in [3.8, 4) is 0 Å². The third-order valence-corrected chi connectivity index (χ3v) is 10.1. The minimum atomic E-state index is -0.722. The van der Waals surface area contributed by atoms with Gasteiger partial charge in [-0.1, -0.05) is 25.3 Å². The number of ether oxygens (including phenoxy) is 6. The Bertz CT molecular complexity index is 1230. The molecule has 11 heteroatoms. The van der Waals surface area contributed by atoms with Crippen LogP contribution < -0.4 is 5.32 Å². The van der Waals surface area contributed by atoms with E-state index < -0.39 is 12.1 Å². The van der Waals surface area contributed by atoms with Crippen LogP contribution in [-0.4, -0.2) is 79.4 Å². The summed E-state index contributed by atoms with van der Waals surface area (Å²) >= 11 is 0. The molecule has 4 fully saturated rings. The molecular formula is C33H41NO10. The number of alkyl carbamates (subject to hydrolysis) is 1. The summed E-state index contributed by atoms with van der Waals surface area (Å²) in [6.07, 6.45) is 8.04. The number of esters is 3. The van der Waals surface area contributed by atoms with Gasteiger partial charge in [0, 0.05) is 23.0 Å². The van der Waals surface area contributed by atoms with Gasteiger partial charge < -0.3 is 33.7 Å². The maximum absolute atomic E-state index is 12.5. The molecule has 4 saturated heterocycles. The number of epoxide rings is 2. The van der Waals surface area contributed by atoms with Crippen molar-refractivity contribution in [1.82, 2.24) is 5.32 Å². The first-order valence-corrected chi connectivity index (χ1v) is 15.5. The fourth-order valence-electron chi connectivity index (χ4n) is 7.08. The molecule has 0 spiro atoms. The molecule has 8 atom stereocenters. The predicted octanol–water partition coefficient (Wildman–Crippen LogP) is 3.77. The first kappa shape index (κ1) is 30.6. The average Bonchev–Trinajstić information content (AvgIpc) is 3.80. The Balaban J connectivity index is 0.949. The average molecular weight is 612 g/mol. The van der Waals surface area contributed by atoms with Crippen LogP contribution in [0.2, 0.25) is 0 Å². The Hall–Kier alpha value is -3.44. The number of allylic oxidation sites excluding steroid dienone is 2. The normalized spacial score (nSPS) is 40.2. The number of carbonyl (C=O) groups excluding carboxylic acids is 4. The lowest BCUT2D eigenvalue weighted by Crippen LogP contribution is -2.32. The minimum Gasteiger partial charge on any atom is -0.460 e. The van der Waals surface area contributed by atoms with Crippen LogP contribution in [0, 0.1) is 11.8 Å². The number of fused-ring (bicyclic) bond motifs is 6. The zero-order valence-electron chi connectivity index (χ0n) is 25.4. The highest BCUT2D eigenvalue weighted by atomic mass is 16.7. The van der Waals surface area contributed by atoms with Gasteiger partial charge >= 0.3 is 24.0 Å². The highest BCUT2D eigenvalue weighted by molar-refractivity contribution is 5.91. The first-order chi connectivity index (χ1) is 21.0. The Kier molecular flexibility index (Phi) is 8.21. The number of amides is 1. The minimum absolute atomic E-state index is 0.0661. The van der Waals surface area contributed by atoms with E-state index in [-0.39, 0.29) is 79.2 Å². The first-order valence-electron chi connectivity index (χ1n) is 15.5. The summed E-state index contributed by atoms with van der Waals surface area (Å²) in [5.74, 6) is -1.61. The Labute approximate surface area is 257 Å². The molecule has 0 bridgehead atoms. The largest absolute Gasteiger partial charge is 0.460 e. The highest BCUT2D eigenvalue weighted by Gasteiger charge is 2.62. The summed E-state index contributed by atoms with van der Waals surface area (Å²) in [4.78, 5) is 49.2. The van der Waals surface area contributed by atoms with Crippen LogP contribution in [0.5, 0.6) is 0 Å². The number of hydrogen-bond acceptors (Lipinski definition) is 10. The SMILES string of the molecule is C=C1C(=O)O[C@@H]2[C@@H]1CC/C(COC(=O)NCC(=O)OC/C1=C/CC[C@@]3(C)O[C@H]3[C@H]3OC(=O)C(=C)[C@@H]3CC1)=C\CC[C@]1(C)O[C@H]21. The molecule has 0 aromatic heterocycles. The van der Waals surface area contributed by atoms with Crippen molar-refractivity contribution in [3.05, 3.63) is 47.6 Å². The Morgan fingerprint density at radius 1 is 0.841 bits per heavy atom. The number of rotatable bonds is 6. The van der Waals surface area contributed by atoms with Gasteiger partial charge in [0.1, 0.15) is 44.2 Å². The molecule has 11 nitrogen and oxygen atoms in total. The molecule has 1 N–H and O–H groups in total. The molecule has 0 unspecified atom stereocenters. The molecule has 238 valence electrons. The third kappa shape index (κ3) is 6.21. The van der Waals surface area contributed by atoms with Gasteiger partial charge in [-0.2, -0.15) is 0 Å². The van der Waals surface area contributed by atoms with Crippen LogP contribution >= 0.6 is 0 Å². The molecule has 0 saturated carbocycles. The van der Waals surface area contributed by atoms with Gasteiger partial charge in [-0.15, -0.1) is 0 Å². The lowest BCUT2D eigenvalue weighted by atomic mass is 9.84. The lowest BCUT2D eigenvalue weighted by molar-refractivity contribution is -0.142. The number of hydrogen-bond donors (Lipinski definition) is 1. The van der Waals surface area contributed by atoms with Gasteiger partial charge in [0.25, 0.3) is 0 Å². The van der Waals surface area contributed by atoms with Crippen molar-refractivity contribution in [3.63, 3.8) is 0 Å². The fraction of sp³-hybridized carbons (Fsp3) is 0.636. The Morgan fingerprint density at radius 3 is 1.82 bits per heavy atom. The summed E-state index contributed by atoms with van der Waals surface area (Å²) in [6, 6.07) is 0. The van der Waals surface area contributed by atoms with Gasteiger partial charge in [-0.25, -0.2) is 14.4 Å². The number of carbonyl (C=O) groups is 4. The van der Waals surface area contributed by atoms with Crippen molar-refractivity contribution in [2.24, 2.45) is 11.8 Å². The van der Waals surface area contributed by atoms with Gasteiger partial charge in [0.2, 0.25) is 0 Å². The molecule has 0 aromatic carbocycles. The van der Waals surface area contributed by atoms with Crippen molar-refractivity contribution in [2.45, 2.75) is 101 Å². The molecule has 44 heavy (non-hydrogen) atoms. The molecule has 0 aromatic rings. The molecule has 4 heterocycles. The fourth-order valence-corrected chi connectivity index (χ4v) is 7.08. The topological polar surface area (TPSA) is 142 Å². The van der Waals surface area contributed by atoms with Crippen molar-refractivity contribution < 1.29 is 47.6 Å². The second-order valence-corrected chi connectivity index (χ2v) is 13.2. The smallest absolute Gasteiger partial charge is 0.407 e. The molecule has 6 aliphatic rings. The van der Waals surface area contributed by atoms with Crippen LogP contribution in [0.4, 0.5) is 4.79 Å². The second-order valence-electron chi connectivity index (χ2n) is 13.2. The summed E-state index contributed by atoms with van der Waals surface area (Å²) in [5.41, 5.74) is 2.11. The monoisotopic (exact) mass is 611 g/mol. The van der Waals surface area contributed by atoms with E-state index >= 15 is 0 Å². The van der Waals surface area contributed by atoms with Gasteiger partial charge in [-0.3, -0.25) is 4.79 Å². The van der Waals surface area contributed by atoms with Gasteiger partial charge in [-0.05, 0) is 76.4 Å². The quantitative estimate of drug-likeness (QED) is 0.155. The van der Waals surface area contributed by atoms with Crippen LogP contribution in [0.15, 0.2) is 47.6 Å². The van der Waals surface area contributed by atoms with E-state index in [0.717, 1.165) is 36.8 Å². The number of nitrogens with one attached hydrogen (secondary N) is 1. The summed E-state index contributed by atoms with van der Waals surface area (Å²) in [6.45, 7) is 11.7. The standard InChI is InChI=1S/C33H41NO10/c1-18-22-11-9-20(7-5-13-32(3)27(43-32)25(22)41-29(18)36)16-39-24(35)15-34-31(38)40-17-21-8-6-14-33(4)28(44-33)26-23(12-10-21)19(2)30(37)42-26/h7-8,22-23,25-28H,1-2,5-6,9-17H2,3-4H3,(H,34,38)/b20-7+,21-8+/t22-,23+,25-,26+,27-,28+,32+,33-/m0/s1. The van der Waals surface area contributed by atoms with Crippen LogP contribution in [0.3, 0.4) is 0 Å². The van der Waals surface area contributed by atoms with Crippen LogP contribution in [-0.2, 0) is 42.8 Å². The summed E-state index contributed by atoms with van der Waals surface area (Å²) in [5, 5.41) is 2.46. The van der Waals surface area contributed by atoms with E-state index in [1.54, 1.807) is 0 Å². The van der Waals surface area contributed by atoms with E-state index in [2.05, 4.69) is 30.6 Å². The zero-order valence-corrected chi connectivity index (χ0v) is 25.4. The van der Waals surface area contributed by atoms with Crippen molar-refractivity contribution in [2.75, 3.05) is 19.8 Å². The van der Waals surface area contributed by atoms with E-state index in [0.29, 0.717) is 36.8 Å². The third-order valence-electron chi connectivity index (χ3n) is 10.1. The predicted molar refractivity (Wildman–Crippen MR) is 155 cm³/mol. The van der Waals surface area contributed by atoms with Crippen LogP contribution in [0.1, 0.15) is 65.2 Å². The highest BCUT2D eigenvalue weighted by Crippen LogP contribution is 2.51. The molecule has 1 amide bonds. The second kappa shape index (κ2) is 11.8. The van der Waals surface area contributed by atoms with Crippen LogP contribution in [0.25, 0.3) is 0 Å². The van der Waals surface area contributed by atoms with E-state index in [4.69, 9.17) is 28.4 Å². The van der Waals surface area contributed by atoms with Crippen molar-refractivity contribution in [1.29, 1.82) is 0 Å². The maximum atomic E-state index is 12.5. The van der Waals surface area contributed by atoms with Crippen molar-refractivity contribution >= 4 is 24.0 Å². The molecule has 0 radical (unpaired) electrons.